The summed E-state index contributed by atoms with van der Waals surface area (Å²) in [5, 5.41) is 17.0. The van der Waals surface area contributed by atoms with Crippen LogP contribution in [0.3, 0.4) is 0 Å². The minimum atomic E-state index is -1.35. The monoisotopic (exact) mass is 412 g/mol. The first-order valence-corrected chi connectivity index (χ1v) is 9.39. The molecule has 1 unspecified atom stereocenters. The molecule has 2 heterocycles. The van der Waals surface area contributed by atoms with Gasteiger partial charge in [0.25, 0.3) is 5.91 Å². The van der Waals surface area contributed by atoms with Crippen molar-refractivity contribution in [2.45, 2.75) is 32.4 Å². The molecular formula is C21H24N4O5. The Kier molecular flexibility index (Phi) is 5.91. The lowest BCUT2D eigenvalue weighted by atomic mass is 9.98. The van der Waals surface area contributed by atoms with Crippen LogP contribution in [0.4, 0.5) is 0 Å². The second-order valence-electron chi connectivity index (χ2n) is 7.06. The van der Waals surface area contributed by atoms with E-state index in [9.17, 15) is 14.7 Å². The van der Waals surface area contributed by atoms with E-state index in [1.165, 1.54) is 13.1 Å². The van der Waals surface area contributed by atoms with Crippen LogP contribution >= 0.6 is 0 Å². The summed E-state index contributed by atoms with van der Waals surface area (Å²) in [6.07, 6.45) is 3.29. The molecule has 0 aliphatic rings. The first kappa shape index (κ1) is 21.1. The van der Waals surface area contributed by atoms with Gasteiger partial charge < -0.3 is 19.9 Å². The predicted octanol–water partition coefficient (Wildman–Crippen LogP) is 2.48. The lowest BCUT2D eigenvalue weighted by molar-refractivity contribution is -0.143. The molecule has 2 aromatic heterocycles. The van der Waals surface area contributed by atoms with Gasteiger partial charge in [-0.1, -0.05) is 6.92 Å². The van der Waals surface area contributed by atoms with E-state index >= 15 is 0 Å². The first-order chi connectivity index (χ1) is 14.3. The zero-order chi connectivity index (χ0) is 21.9. The van der Waals surface area contributed by atoms with Gasteiger partial charge in [-0.3, -0.25) is 4.79 Å². The third-order valence-electron chi connectivity index (χ3n) is 5.12. The molecule has 158 valence electrons. The Morgan fingerprint density at radius 1 is 1.20 bits per heavy atom. The largest absolute Gasteiger partial charge is 0.497 e. The number of fused-ring (bicyclic) bond motifs is 1. The van der Waals surface area contributed by atoms with Crippen molar-refractivity contribution in [1.82, 2.24) is 20.1 Å². The fraction of sp³-hybridized carbons (Fsp3) is 0.333. The molecule has 0 fully saturated rings. The van der Waals surface area contributed by atoms with Crippen LogP contribution in [-0.4, -0.2) is 51.5 Å². The summed E-state index contributed by atoms with van der Waals surface area (Å²) in [6, 6.07) is 7.17. The van der Waals surface area contributed by atoms with E-state index in [-0.39, 0.29) is 12.0 Å². The van der Waals surface area contributed by atoms with Crippen LogP contribution < -0.4 is 14.8 Å². The summed E-state index contributed by atoms with van der Waals surface area (Å²) in [6.45, 7) is 3.59. The molecule has 3 aromatic rings. The Morgan fingerprint density at radius 2 is 1.97 bits per heavy atom. The van der Waals surface area contributed by atoms with Crippen molar-refractivity contribution >= 4 is 22.9 Å². The summed E-state index contributed by atoms with van der Waals surface area (Å²) in [4.78, 5) is 28.4. The molecule has 3 rings (SSSR count). The predicted molar refractivity (Wildman–Crippen MR) is 110 cm³/mol. The smallest absolute Gasteiger partial charge is 0.329 e. The number of ether oxygens (including phenoxy) is 2. The Hall–Kier alpha value is -3.62. The van der Waals surface area contributed by atoms with Gasteiger partial charge in [0, 0.05) is 23.2 Å². The number of carboxylic acids is 1. The number of hydrogen-bond donors (Lipinski definition) is 2. The first-order valence-electron chi connectivity index (χ1n) is 9.39. The zero-order valence-electron chi connectivity index (χ0n) is 17.3. The van der Waals surface area contributed by atoms with Gasteiger partial charge in [-0.15, -0.1) is 0 Å². The number of aliphatic carboxylic acids is 1. The van der Waals surface area contributed by atoms with E-state index < -0.39 is 17.4 Å². The molecule has 0 bridgehead atoms. The molecule has 0 spiro atoms. The number of amides is 1. The van der Waals surface area contributed by atoms with Crippen molar-refractivity contribution in [3.63, 3.8) is 0 Å². The molecule has 9 heteroatoms. The topological polar surface area (TPSA) is 116 Å². The third kappa shape index (κ3) is 4.05. The Balaban J connectivity index is 1.86. The molecule has 1 amide bonds. The number of aromatic nitrogens is 3. The summed E-state index contributed by atoms with van der Waals surface area (Å²) in [7, 11) is 3.18. The number of rotatable bonds is 8. The van der Waals surface area contributed by atoms with E-state index in [2.05, 4.69) is 15.4 Å². The van der Waals surface area contributed by atoms with E-state index in [1.54, 1.807) is 44.2 Å². The summed E-state index contributed by atoms with van der Waals surface area (Å²) in [5.41, 5.74) is 0.416. The second-order valence-corrected chi connectivity index (χ2v) is 7.06. The Labute approximate surface area is 173 Å². The second kappa shape index (κ2) is 8.40. The van der Waals surface area contributed by atoms with Crippen molar-refractivity contribution in [3.05, 3.63) is 47.8 Å². The van der Waals surface area contributed by atoms with Gasteiger partial charge in [0.15, 0.2) is 5.65 Å². The van der Waals surface area contributed by atoms with Crippen LogP contribution in [0.1, 0.15) is 36.2 Å². The number of carbonyl (C=O) groups excluding carboxylic acids is 1. The molecular weight excluding hydrogens is 388 g/mol. The fourth-order valence-corrected chi connectivity index (χ4v) is 2.97. The zero-order valence-corrected chi connectivity index (χ0v) is 17.3. The molecule has 0 saturated carbocycles. The average molecular weight is 412 g/mol. The number of benzene rings is 1. The van der Waals surface area contributed by atoms with Crippen molar-refractivity contribution in [2.24, 2.45) is 0 Å². The molecule has 0 aliphatic carbocycles. The maximum atomic E-state index is 12.5. The molecule has 1 atom stereocenters. The van der Waals surface area contributed by atoms with Crippen LogP contribution in [0.25, 0.3) is 11.0 Å². The Bertz CT molecular complexity index is 1090. The van der Waals surface area contributed by atoms with Crippen molar-refractivity contribution < 1.29 is 24.2 Å². The highest BCUT2D eigenvalue weighted by Gasteiger charge is 2.33. The number of carboxylic acid groups (broad SMARTS) is 1. The van der Waals surface area contributed by atoms with Crippen LogP contribution in [0.15, 0.2) is 36.7 Å². The van der Waals surface area contributed by atoms with Crippen LogP contribution in [0.2, 0.25) is 0 Å². The van der Waals surface area contributed by atoms with Crippen molar-refractivity contribution in [3.8, 4) is 11.5 Å². The van der Waals surface area contributed by atoms with Gasteiger partial charge in [0.1, 0.15) is 17.0 Å². The highest BCUT2D eigenvalue weighted by molar-refractivity contribution is 5.99. The highest BCUT2D eigenvalue weighted by atomic mass is 16.5. The lowest BCUT2D eigenvalue weighted by Crippen LogP contribution is -2.51. The summed E-state index contributed by atoms with van der Waals surface area (Å²) < 4.78 is 12.4. The normalized spacial score (nSPS) is 12.9. The Morgan fingerprint density at radius 3 is 2.60 bits per heavy atom. The van der Waals surface area contributed by atoms with Gasteiger partial charge in [-0.05, 0) is 31.5 Å². The molecule has 2 N–H and O–H groups in total. The molecule has 9 nitrogen and oxygen atoms in total. The number of carbonyl (C=O) groups is 2. The van der Waals surface area contributed by atoms with Crippen molar-refractivity contribution in [1.29, 1.82) is 0 Å². The van der Waals surface area contributed by atoms with Crippen LogP contribution in [0, 0.1) is 0 Å². The molecule has 0 radical (unpaired) electrons. The molecule has 0 saturated heterocycles. The van der Waals surface area contributed by atoms with E-state index in [0.717, 1.165) is 5.56 Å². The third-order valence-corrected chi connectivity index (χ3v) is 5.12. The molecule has 0 aliphatic heterocycles. The van der Waals surface area contributed by atoms with Crippen LogP contribution in [-0.2, 0) is 11.3 Å². The number of pyridine rings is 1. The van der Waals surface area contributed by atoms with Gasteiger partial charge in [-0.2, -0.15) is 5.10 Å². The van der Waals surface area contributed by atoms with Crippen LogP contribution in [0.5, 0.6) is 11.5 Å². The number of nitrogens with zero attached hydrogens (tertiary/aromatic N) is 3. The molecule has 1 aromatic carbocycles. The SMILES string of the molecule is CCC(C)(NC(=O)c1cnc2c(cnn2Cc2ccc(OC)cc2OC)c1)C(=O)O. The van der Waals surface area contributed by atoms with E-state index in [1.807, 2.05) is 12.1 Å². The standard InChI is InChI=1S/C21H24N4O5/c1-5-21(2,20(27)28)24-19(26)15-8-14-11-23-25(18(14)22-10-15)12-13-6-7-16(29-3)9-17(13)30-4/h6-11H,5,12H2,1-4H3,(H,24,26)(H,27,28). The van der Waals surface area contributed by atoms with Gasteiger partial charge in [0.05, 0.1) is 32.5 Å². The van der Waals surface area contributed by atoms with Gasteiger partial charge in [0.2, 0.25) is 0 Å². The fourth-order valence-electron chi connectivity index (χ4n) is 2.97. The average Bonchev–Trinajstić information content (AvgIpc) is 3.15. The maximum absolute atomic E-state index is 12.5. The van der Waals surface area contributed by atoms with Gasteiger partial charge >= 0.3 is 5.97 Å². The highest BCUT2D eigenvalue weighted by Crippen LogP contribution is 2.26. The minimum Gasteiger partial charge on any atom is -0.497 e. The number of methoxy groups -OCH3 is 2. The minimum absolute atomic E-state index is 0.255. The lowest BCUT2D eigenvalue weighted by Gasteiger charge is -2.24. The number of hydrogen-bond acceptors (Lipinski definition) is 6. The van der Waals surface area contributed by atoms with Crippen molar-refractivity contribution in [2.75, 3.05) is 14.2 Å². The van der Waals surface area contributed by atoms with E-state index in [4.69, 9.17) is 9.47 Å². The maximum Gasteiger partial charge on any atom is 0.329 e. The summed E-state index contributed by atoms with van der Waals surface area (Å²) in [5.74, 6) is -0.231. The summed E-state index contributed by atoms with van der Waals surface area (Å²) >= 11 is 0. The quantitative estimate of drug-likeness (QED) is 0.584. The van der Waals surface area contributed by atoms with E-state index in [0.29, 0.717) is 29.1 Å². The molecule has 30 heavy (non-hydrogen) atoms. The number of nitrogens with one attached hydrogen (secondary N) is 1. The van der Waals surface area contributed by atoms with Gasteiger partial charge in [-0.25, -0.2) is 14.5 Å².